The number of halogens is 4. The minimum absolute atomic E-state index is 0.159. The first kappa shape index (κ1) is 26.0. The number of carbonyl (C=O) groups is 1. The number of hydrogen-bond acceptors (Lipinski definition) is 7. The third kappa shape index (κ3) is 5.37. The summed E-state index contributed by atoms with van der Waals surface area (Å²) >= 11 is 0. The third-order valence-corrected chi connectivity index (χ3v) is 5.98. The molecule has 37 heavy (non-hydrogen) atoms. The number of carbonyl (C=O) groups excluding carboxylic acids is 1. The Bertz CT molecular complexity index is 1270. The lowest BCUT2D eigenvalue weighted by atomic mass is 10.1. The Balaban J connectivity index is 1.51. The van der Waals surface area contributed by atoms with Gasteiger partial charge in [-0.05, 0) is 36.4 Å². The summed E-state index contributed by atoms with van der Waals surface area (Å²) in [7, 11) is 4.53. The summed E-state index contributed by atoms with van der Waals surface area (Å²) in [6.45, 7) is 0.939. The average molecular weight is 520 g/mol. The lowest BCUT2D eigenvalue weighted by Gasteiger charge is -2.35. The fourth-order valence-corrected chi connectivity index (χ4v) is 4.04. The van der Waals surface area contributed by atoms with Crippen LogP contribution in [0.2, 0.25) is 0 Å². The zero-order valence-corrected chi connectivity index (χ0v) is 20.3. The Hall–Kier alpha value is -4.09. The number of rotatable bonds is 6. The topological polar surface area (TPSA) is 77.0 Å². The maximum atomic E-state index is 14.2. The molecule has 2 heterocycles. The van der Waals surface area contributed by atoms with Crippen LogP contribution in [0.25, 0.3) is 11.3 Å². The van der Waals surface area contributed by atoms with Crippen LogP contribution in [0.4, 0.5) is 23.5 Å². The number of alkyl halides is 3. The van der Waals surface area contributed by atoms with Gasteiger partial charge in [-0.3, -0.25) is 4.79 Å². The second-order valence-corrected chi connectivity index (χ2v) is 8.13. The van der Waals surface area contributed by atoms with Crippen molar-refractivity contribution in [3.8, 4) is 28.5 Å². The van der Waals surface area contributed by atoms with Gasteiger partial charge in [0.15, 0.2) is 11.5 Å². The van der Waals surface area contributed by atoms with Gasteiger partial charge in [0.2, 0.25) is 11.7 Å². The Morgan fingerprint density at radius 2 is 1.57 bits per heavy atom. The maximum absolute atomic E-state index is 14.2. The predicted molar refractivity (Wildman–Crippen MR) is 127 cm³/mol. The molecular formula is C25H24F4N4O4. The van der Waals surface area contributed by atoms with Gasteiger partial charge in [0, 0.05) is 37.9 Å². The number of hydrogen-bond donors (Lipinski definition) is 0. The number of anilines is 1. The highest BCUT2D eigenvalue weighted by Gasteiger charge is 2.33. The highest BCUT2D eigenvalue weighted by atomic mass is 19.4. The zero-order valence-electron chi connectivity index (χ0n) is 20.3. The molecule has 0 bridgehead atoms. The second-order valence-electron chi connectivity index (χ2n) is 8.13. The first-order valence-corrected chi connectivity index (χ1v) is 11.2. The van der Waals surface area contributed by atoms with Crippen LogP contribution in [-0.2, 0) is 6.18 Å². The quantitative estimate of drug-likeness (QED) is 0.449. The summed E-state index contributed by atoms with van der Waals surface area (Å²) in [5.41, 5.74) is -0.391. The summed E-state index contributed by atoms with van der Waals surface area (Å²) in [5.74, 6) is -0.0151. The van der Waals surface area contributed by atoms with Gasteiger partial charge >= 0.3 is 6.18 Å². The highest BCUT2D eigenvalue weighted by molar-refractivity contribution is 5.95. The van der Waals surface area contributed by atoms with Crippen LogP contribution in [0.5, 0.6) is 17.2 Å². The largest absolute Gasteiger partial charge is 0.493 e. The van der Waals surface area contributed by atoms with Crippen molar-refractivity contribution in [2.75, 3.05) is 52.4 Å². The smallest absolute Gasteiger partial charge is 0.416 e. The van der Waals surface area contributed by atoms with Crippen LogP contribution in [0.1, 0.15) is 15.9 Å². The lowest BCUT2D eigenvalue weighted by Crippen LogP contribution is -2.49. The van der Waals surface area contributed by atoms with E-state index < -0.39 is 29.0 Å². The van der Waals surface area contributed by atoms with E-state index in [0.717, 1.165) is 0 Å². The van der Waals surface area contributed by atoms with E-state index in [9.17, 15) is 22.4 Å². The molecule has 12 heteroatoms. The molecule has 1 saturated heterocycles. The van der Waals surface area contributed by atoms with Crippen LogP contribution in [0.3, 0.4) is 0 Å². The Morgan fingerprint density at radius 1 is 0.919 bits per heavy atom. The Morgan fingerprint density at radius 3 is 2.14 bits per heavy atom. The van der Waals surface area contributed by atoms with Crippen molar-refractivity contribution < 1.29 is 36.6 Å². The molecule has 0 N–H and O–H groups in total. The van der Waals surface area contributed by atoms with Crippen molar-refractivity contribution in [3.05, 3.63) is 59.5 Å². The minimum Gasteiger partial charge on any atom is -0.493 e. The molecule has 0 unspecified atom stereocenters. The monoisotopic (exact) mass is 520 g/mol. The van der Waals surface area contributed by atoms with Crippen LogP contribution < -0.4 is 19.1 Å². The van der Waals surface area contributed by atoms with Crippen LogP contribution in [0.15, 0.2) is 42.6 Å². The fourth-order valence-electron chi connectivity index (χ4n) is 4.04. The normalized spacial score (nSPS) is 13.9. The molecule has 3 aromatic rings. The first-order chi connectivity index (χ1) is 17.7. The standard InChI is InChI=1S/C25H24F4N4O4/c1-35-20-12-15(13-21(36-2)22(20)37-3)19-6-7-30-24(31-19)33-10-8-32(9-11-33)23(34)17-14-16(25(27,28)29)4-5-18(17)26/h4-7,12-14H,8-11H2,1-3H3. The minimum atomic E-state index is -4.68. The number of piperazine rings is 1. The molecule has 0 radical (unpaired) electrons. The van der Waals surface area contributed by atoms with Gasteiger partial charge in [-0.1, -0.05) is 0 Å². The van der Waals surface area contributed by atoms with Gasteiger partial charge in [0.1, 0.15) is 5.82 Å². The van der Waals surface area contributed by atoms with Gasteiger partial charge in [-0.15, -0.1) is 0 Å². The summed E-state index contributed by atoms with van der Waals surface area (Å²) in [5, 5.41) is 0. The summed E-state index contributed by atoms with van der Waals surface area (Å²) in [4.78, 5) is 24.9. The van der Waals surface area contributed by atoms with E-state index in [1.807, 2.05) is 4.90 Å². The predicted octanol–water partition coefficient (Wildman–Crippen LogP) is 4.29. The van der Waals surface area contributed by atoms with E-state index in [1.165, 1.54) is 26.2 Å². The van der Waals surface area contributed by atoms with Gasteiger partial charge in [0.25, 0.3) is 5.91 Å². The molecule has 0 saturated carbocycles. The molecule has 4 rings (SSSR count). The molecule has 8 nitrogen and oxygen atoms in total. The highest BCUT2D eigenvalue weighted by Crippen LogP contribution is 2.41. The van der Waals surface area contributed by atoms with E-state index in [0.29, 0.717) is 65.7 Å². The van der Waals surface area contributed by atoms with E-state index in [1.54, 1.807) is 24.4 Å². The Labute approximate surface area is 210 Å². The summed E-state index contributed by atoms with van der Waals surface area (Å²) in [6, 6.07) is 7.06. The first-order valence-electron chi connectivity index (χ1n) is 11.2. The number of amides is 1. The molecule has 0 atom stereocenters. The van der Waals surface area contributed by atoms with Crippen molar-refractivity contribution in [3.63, 3.8) is 0 Å². The number of methoxy groups -OCH3 is 3. The van der Waals surface area contributed by atoms with E-state index in [-0.39, 0.29) is 13.1 Å². The van der Waals surface area contributed by atoms with Crippen LogP contribution in [-0.4, -0.2) is 68.3 Å². The Kier molecular flexibility index (Phi) is 7.37. The molecule has 1 aliphatic heterocycles. The summed E-state index contributed by atoms with van der Waals surface area (Å²) < 4.78 is 69.5. The molecule has 0 spiro atoms. The molecular weight excluding hydrogens is 496 g/mol. The average Bonchev–Trinajstić information content (AvgIpc) is 2.91. The fraction of sp³-hybridized carbons (Fsp3) is 0.320. The van der Waals surface area contributed by atoms with Gasteiger partial charge < -0.3 is 24.0 Å². The van der Waals surface area contributed by atoms with E-state index in [2.05, 4.69) is 9.97 Å². The van der Waals surface area contributed by atoms with Crippen LogP contribution in [0, 0.1) is 5.82 Å². The molecule has 1 aromatic heterocycles. The third-order valence-electron chi connectivity index (χ3n) is 5.98. The lowest BCUT2D eigenvalue weighted by molar-refractivity contribution is -0.137. The second kappa shape index (κ2) is 10.5. The van der Waals surface area contributed by atoms with Crippen molar-refractivity contribution >= 4 is 11.9 Å². The van der Waals surface area contributed by atoms with Crippen molar-refractivity contribution in [2.45, 2.75) is 6.18 Å². The van der Waals surface area contributed by atoms with Crippen molar-refractivity contribution in [2.24, 2.45) is 0 Å². The molecule has 1 amide bonds. The van der Waals surface area contributed by atoms with Crippen LogP contribution >= 0.6 is 0 Å². The van der Waals surface area contributed by atoms with E-state index in [4.69, 9.17) is 14.2 Å². The van der Waals surface area contributed by atoms with E-state index >= 15 is 0 Å². The maximum Gasteiger partial charge on any atom is 0.416 e. The van der Waals surface area contributed by atoms with Gasteiger partial charge in [-0.2, -0.15) is 13.2 Å². The van der Waals surface area contributed by atoms with Crippen molar-refractivity contribution in [1.29, 1.82) is 0 Å². The number of ether oxygens (including phenoxy) is 3. The molecule has 196 valence electrons. The van der Waals surface area contributed by atoms with Gasteiger partial charge in [0.05, 0.1) is 38.2 Å². The summed E-state index contributed by atoms with van der Waals surface area (Å²) in [6.07, 6.45) is -3.09. The number of nitrogens with zero attached hydrogens (tertiary/aromatic N) is 4. The number of benzene rings is 2. The SMILES string of the molecule is COc1cc(-c2ccnc(N3CCN(C(=O)c4cc(C(F)(F)F)ccc4F)CC3)n2)cc(OC)c1OC. The van der Waals surface area contributed by atoms with Gasteiger partial charge in [-0.25, -0.2) is 14.4 Å². The van der Waals surface area contributed by atoms with Crippen molar-refractivity contribution in [1.82, 2.24) is 14.9 Å². The molecule has 1 aliphatic rings. The molecule has 2 aromatic carbocycles. The number of aromatic nitrogens is 2. The molecule has 1 fully saturated rings. The molecule has 0 aliphatic carbocycles. The zero-order chi connectivity index (χ0) is 26.7.